The number of rotatable bonds is 5. The second kappa shape index (κ2) is 7.33. The highest BCUT2D eigenvalue weighted by molar-refractivity contribution is 5.95. The van der Waals surface area contributed by atoms with E-state index in [1.165, 1.54) is 11.6 Å². The minimum atomic E-state index is -0.429. The van der Waals surface area contributed by atoms with Gasteiger partial charge in [-0.2, -0.15) is 0 Å². The average molecular weight is 360 g/mol. The van der Waals surface area contributed by atoms with E-state index in [0.29, 0.717) is 12.1 Å². The Morgan fingerprint density at radius 1 is 0.963 bits per heavy atom. The summed E-state index contributed by atoms with van der Waals surface area (Å²) in [7, 11) is 0. The zero-order valence-electron chi connectivity index (χ0n) is 14.9. The van der Waals surface area contributed by atoms with Crippen molar-refractivity contribution in [3.05, 3.63) is 94.8 Å². The fraction of sp³-hybridized carbons (Fsp3) is 0.174. The van der Waals surface area contributed by atoms with Gasteiger partial charge in [-0.3, -0.25) is 4.79 Å². The van der Waals surface area contributed by atoms with E-state index in [4.69, 9.17) is 5.73 Å². The largest absolute Gasteiger partial charge is 0.366 e. The van der Waals surface area contributed by atoms with Gasteiger partial charge >= 0.3 is 0 Å². The number of hydrogen-bond donors (Lipinski definition) is 2. The first-order valence-electron chi connectivity index (χ1n) is 9.09. The molecule has 4 heteroatoms. The number of carbonyl (C=O) groups is 1. The minimum absolute atomic E-state index is 0.193. The molecule has 1 atom stereocenters. The molecule has 0 aromatic heterocycles. The Morgan fingerprint density at radius 3 is 2.52 bits per heavy atom. The SMILES string of the molecule is NC(=O)c1cc(-c2ccccc2)ccc1CN[C@@H]1Cc2ccc(F)cc2C1. The van der Waals surface area contributed by atoms with Crippen molar-refractivity contribution in [3.63, 3.8) is 0 Å². The number of carbonyl (C=O) groups excluding carboxylic acids is 1. The lowest BCUT2D eigenvalue weighted by atomic mass is 9.98. The minimum Gasteiger partial charge on any atom is -0.366 e. The maximum absolute atomic E-state index is 13.4. The zero-order valence-corrected chi connectivity index (χ0v) is 14.9. The number of nitrogens with one attached hydrogen (secondary N) is 1. The summed E-state index contributed by atoms with van der Waals surface area (Å²) in [5.74, 6) is -0.622. The first-order valence-corrected chi connectivity index (χ1v) is 9.09. The quantitative estimate of drug-likeness (QED) is 0.726. The Labute approximate surface area is 158 Å². The molecule has 0 aliphatic heterocycles. The van der Waals surface area contributed by atoms with Gasteiger partial charge in [0.1, 0.15) is 5.82 Å². The van der Waals surface area contributed by atoms with Crippen LogP contribution in [0, 0.1) is 5.82 Å². The van der Waals surface area contributed by atoms with E-state index >= 15 is 0 Å². The number of hydrogen-bond acceptors (Lipinski definition) is 2. The van der Waals surface area contributed by atoms with Crippen LogP contribution in [0.4, 0.5) is 4.39 Å². The van der Waals surface area contributed by atoms with E-state index < -0.39 is 5.91 Å². The highest BCUT2D eigenvalue weighted by atomic mass is 19.1. The molecular weight excluding hydrogens is 339 g/mol. The second-order valence-electron chi connectivity index (χ2n) is 7.00. The standard InChI is InChI=1S/C23H21FN2O/c24-20-9-8-16-11-21(12-19(16)10-20)26-14-18-7-6-17(13-22(18)23(25)27)15-4-2-1-3-5-15/h1-10,13,21,26H,11-12,14H2,(H2,25,27)/t21-/m1/s1. The second-order valence-corrected chi connectivity index (χ2v) is 7.00. The lowest BCUT2D eigenvalue weighted by Gasteiger charge is -2.15. The van der Waals surface area contributed by atoms with E-state index in [1.54, 1.807) is 6.07 Å². The molecule has 27 heavy (non-hydrogen) atoms. The number of benzene rings is 3. The summed E-state index contributed by atoms with van der Waals surface area (Å²) in [6, 6.07) is 20.9. The van der Waals surface area contributed by atoms with Crippen LogP contribution in [-0.2, 0) is 19.4 Å². The summed E-state index contributed by atoms with van der Waals surface area (Å²) in [6.45, 7) is 0.550. The summed E-state index contributed by atoms with van der Waals surface area (Å²) in [5, 5.41) is 3.49. The number of nitrogens with two attached hydrogens (primary N) is 1. The molecule has 1 amide bonds. The van der Waals surface area contributed by atoms with E-state index in [1.807, 2.05) is 54.6 Å². The van der Waals surface area contributed by atoms with Crippen molar-refractivity contribution < 1.29 is 9.18 Å². The van der Waals surface area contributed by atoms with E-state index in [0.717, 1.165) is 35.1 Å². The summed E-state index contributed by atoms with van der Waals surface area (Å²) >= 11 is 0. The third kappa shape index (κ3) is 3.76. The number of halogens is 1. The van der Waals surface area contributed by atoms with Gasteiger partial charge in [-0.05, 0) is 58.9 Å². The molecule has 0 radical (unpaired) electrons. The Kier molecular flexibility index (Phi) is 4.73. The summed E-state index contributed by atoms with van der Waals surface area (Å²) in [4.78, 5) is 12.0. The van der Waals surface area contributed by atoms with Gasteiger partial charge in [-0.25, -0.2) is 4.39 Å². The third-order valence-electron chi connectivity index (χ3n) is 5.16. The Morgan fingerprint density at radius 2 is 1.74 bits per heavy atom. The number of amides is 1. The zero-order chi connectivity index (χ0) is 18.8. The molecule has 3 N–H and O–H groups in total. The van der Waals surface area contributed by atoms with Crippen LogP contribution in [0.15, 0.2) is 66.7 Å². The highest BCUT2D eigenvalue weighted by Gasteiger charge is 2.22. The number of primary amides is 1. The molecule has 3 aromatic rings. The van der Waals surface area contributed by atoms with Gasteiger partial charge in [-0.1, -0.05) is 48.5 Å². The van der Waals surface area contributed by atoms with Crippen LogP contribution < -0.4 is 11.1 Å². The Hall–Kier alpha value is -2.98. The molecule has 0 bridgehead atoms. The van der Waals surface area contributed by atoms with Gasteiger partial charge in [0.15, 0.2) is 0 Å². The highest BCUT2D eigenvalue weighted by Crippen LogP contribution is 2.25. The molecule has 1 aliphatic carbocycles. The van der Waals surface area contributed by atoms with Crippen molar-refractivity contribution in [2.45, 2.75) is 25.4 Å². The van der Waals surface area contributed by atoms with Crippen LogP contribution in [0.2, 0.25) is 0 Å². The molecule has 1 aliphatic rings. The summed E-state index contributed by atoms with van der Waals surface area (Å²) in [5.41, 5.74) is 11.3. The lowest BCUT2D eigenvalue weighted by Crippen LogP contribution is -2.30. The van der Waals surface area contributed by atoms with Gasteiger partial charge in [-0.15, -0.1) is 0 Å². The molecule has 3 aromatic carbocycles. The Bertz CT molecular complexity index is 985. The molecule has 0 saturated carbocycles. The van der Waals surface area contributed by atoms with Gasteiger partial charge in [0.05, 0.1) is 0 Å². The van der Waals surface area contributed by atoms with Crippen molar-refractivity contribution >= 4 is 5.91 Å². The van der Waals surface area contributed by atoms with Crippen LogP contribution in [0.25, 0.3) is 11.1 Å². The predicted molar refractivity (Wildman–Crippen MR) is 105 cm³/mol. The average Bonchev–Trinajstić information content (AvgIpc) is 3.09. The first-order chi connectivity index (χ1) is 13.1. The fourth-order valence-corrected chi connectivity index (χ4v) is 3.76. The first kappa shape index (κ1) is 17.4. The predicted octanol–water partition coefficient (Wildman–Crippen LogP) is 3.85. The van der Waals surface area contributed by atoms with Gasteiger partial charge in [0, 0.05) is 18.2 Å². The van der Waals surface area contributed by atoms with E-state index in [-0.39, 0.29) is 11.9 Å². The van der Waals surface area contributed by atoms with E-state index in [2.05, 4.69) is 5.32 Å². The molecule has 0 unspecified atom stereocenters. The van der Waals surface area contributed by atoms with Crippen molar-refractivity contribution in [1.82, 2.24) is 5.32 Å². The molecule has 3 nitrogen and oxygen atoms in total. The molecule has 0 saturated heterocycles. The van der Waals surface area contributed by atoms with Crippen molar-refractivity contribution in [3.8, 4) is 11.1 Å². The third-order valence-corrected chi connectivity index (χ3v) is 5.16. The lowest BCUT2D eigenvalue weighted by molar-refractivity contribution is 0.0999. The molecule has 136 valence electrons. The topological polar surface area (TPSA) is 55.1 Å². The molecule has 0 fully saturated rings. The monoisotopic (exact) mass is 360 g/mol. The van der Waals surface area contributed by atoms with Crippen LogP contribution >= 0.6 is 0 Å². The maximum Gasteiger partial charge on any atom is 0.249 e. The number of fused-ring (bicyclic) bond motifs is 1. The molecule has 0 heterocycles. The maximum atomic E-state index is 13.4. The smallest absolute Gasteiger partial charge is 0.249 e. The Balaban J connectivity index is 1.50. The van der Waals surface area contributed by atoms with Crippen LogP contribution in [0.1, 0.15) is 27.0 Å². The van der Waals surface area contributed by atoms with Gasteiger partial charge in [0.25, 0.3) is 0 Å². The van der Waals surface area contributed by atoms with Gasteiger partial charge in [0.2, 0.25) is 5.91 Å². The van der Waals surface area contributed by atoms with Crippen LogP contribution in [-0.4, -0.2) is 11.9 Å². The summed E-state index contributed by atoms with van der Waals surface area (Å²) in [6.07, 6.45) is 1.66. The van der Waals surface area contributed by atoms with Crippen molar-refractivity contribution in [2.75, 3.05) is 0 Å². The normalized spacial score (nSPS) is 15.5. The van der Waals surface area contributed by atoms with Crippen molar-refractivity contribution in [2.24, 2.45) is 5.73 Å². The van der Waals surface area contributed by atoms with Crippen LogP contribution in [0.3, 0.4) is 0 Å². The van der Waals surface area contributed by atoms with Gasteiger partial charge < -0.3 is 11.1 Å². The molecule has 0 spiro atoms. The van der Waals surface area contributed by atoms with Crippen LogP contribution in [0.5, 0.6) is 0 Å². The van der Waals surface area contributed by atoms with E-state index in [9.17, 15) is 9.18 Å². The van der Waals surface area contributed by atoms with Crippen molar-refractivity contribution in [1.29, 1.82) is 0 Å². The summed E-state index contributed by atoms with van der Waals surface area (Å²) < 4.78 is 13.4. The molecular formula is C23H21FN2O. The molecule has 4 rings (SSSR count). The fourth-order valence-electron chi connectivity index (χ4n) is 3.76.